The maximum Gasteiger partial charge on any atom is 0.335 e. The highest BCUT2D eigenvalue weighted by Crippen LogP contribution is 2.76. The van der Waals surface area contributed by atoms with Gasteiger partial charge in [0.25, 0.3) is 0 Å². The topological polar surface area (TPSA) is 359 Å². The molecule has 0 amide bonds. The van der Waals surface area contributed by atoms with Gasteiger partial charge in [-0.15, -0.1) is 0 Å². The highest BCUT2D eigenvalue weighted by atomic mass is 16.8. The molecule has 2 aliphatic heterocycles. The fourth-order valence-electron chi connectivity index (χ4n) is 16.7. The average molecular weight is 1140 g/mol. The first kappa shape index (κ1) is 63.0. The molecular weight excluding hydrogens is 1050 g/mol. The molecule has 7 fully saturated rings. The number of aliphatic carboxylic acids is 1. The van der Waals surface area contributed by atoms with Crippen molar-refractivity contribution in [2.45, 2.75) is 231 Å². The SMILES string of the molecule is C/C=C(/C)C(=O)O[C@H]1[C@H](OC(=O)/C(C)=C\C)[C@@]2(CO)C(CC1(C)C)C1=CCC3[C@@]4(C)CC[C@H](O[C@@H]5OC(C(=O)O)[C@@H](O)[C@@H](O[C@@H]6O[C@@H](CO)[C@@H](O)C6O)C5O[C@@H]5CC(CO)[C@H](O)[C@@H](O)C5O)C(C)(C)C4CC[C@@]3(C)[C@]1(C)[C@@H](O)[C@H]2O. The van der Waals surface area contributed by atoms with Gasteiger partial charge >= 0.3 is 17.9 Å². The summed E-state index contributed by atoms with van der Waals surface area (Å²) in [5.74, 6) is -4.91. The first-order chi connectivity index (χ1) is 37.3. The van der Waals surface area contributed by atoms with Gasteiger partial charge in [-0.3, -0.25) is 0 Å². The second kappa shape index (κ2) is 22.8. The summed E-state index contributed by atoms with van der Waals surface area (Å²) in [5, 5.41) is 135. The molecule has 0 radical (unpaired) electrons. The molecule has 12 N–H and O–H groups in total. The van der Waals surface area contributed by atoms with E-state index in [4.69, 9.17) is 33.2 Å². The van der Waals surface area contributed by atoms with Crippen molar-refractivity contribution in [1.82, 2.24) is 0 Å². The summed E-state index contributed by atoms with van der Waals surface area (Å²) in [5.41, 5.74) is -4.29. The summed E-state index contributed by atoms with van der Waals surface area (Å²) in [4.78, 5) is 40.4. The summed E-state index contributed by atoms with van der Waals surface area (Å²) in [6, 6.07) is 0. The van der Waals surface area contributed by atoms with Crippen LogP contribution in [0.2, 0.25) is 0 Å². The van der Waals surface area contributed by atoms with Crippen LogP contribution in [0.25, 0.3) is 0 Å². The number of rotatable bonds is 14. The van der Waals surface area contributed by atoms with E-state index >= 15 is 0 Å². The predicted molar refractivity (Wildman–Crippen MR) is 280 cm³/mol. The van der Waals surface area contributed by atoms with E-state index in [1.54, 1.807) is 39.8 Å². The van der Waals surface area contributed by atoms with E-state index in [1.165, 1.54) is 0 Å². The Kier molecular flexibility index (Phi) is 17.9. The zero-order valence-corrected chi connectivity index (χ0v) is 48.0. The van der Waals surface area contributed by atoms with Gasteiger partial charge in [-0.25, -0.2) is 14.4 Å². The Bertz CT molecular complexity index is 2390. The monoisotopic (exact) mass is 1140 g/mol. The van der Waals surface area contributed by atoms with Crippen LogP contribution in [0.1, 0.15) is 121 Å². The third-order valence-corrected chi connectivity index (χ3v) is 21.9. The van der Waals surface area contributed by atoms with Crippen LogP contribution in [0.15, 0.2) is 34.9 Å². The second-order valence-electron chi connectivity index (χ2n) is 26.5. The maximum absolute atomic E-state index is 13.9. The van der Waals surface area contributed by atoms with Crippen molar-refractivity contribution in [3.63, 3.8) is 0 Å². The number of carboxylic acid groups (broad SMARTS) is 1. The van der Waals surface area contributed by atoms with Crippen LogP contribution < -0.4 is 0 Å². The molecule has 0 aromatic carbocycles. The van der Waals surface area contributed by atoms with Crippen LogP contribution in [0, 0.1) is 56.2 Å². The maximum atomic E-state index is 13.9. The lowest BCUT2D eigenvalue weighted by molar-refractivity contribution is -0.360. The summed E-state index contributed by atoms with van der Waals surface area (Å²) < 4.78 is 43.8. The van der Waals surface area contributed by atoms with E-state index in [2.05, 4.69) is 19.9 Å². The minimum atomic E-state index is -2.07. The molecule has 80 heavy (non-hydrogen) atoms. The van der Waals surface area contributed by atoms with E-state index in [0.717, 1.165) is 5.57 Å². The van der Waals surface area contributed by atoms with Gasteiger partial charge in [-0.1, -0.05) is 72.3 Å². The summed E-state index contributed by atoms with van der Waals surface area (Å²) in [6.45, 7) is 18.8. The predicted octanol–water partition coefficient (Wildman–Crippen LogP) is 0.926. The van der Waals surface area contributed by atoms with Gasteiger partial charge in [0.15, 0.2) is 24.8 Å². The molecule has 0 aromatic rings. The molecule has 8 unspecified atom stereocenters. The normalized spacial score (nSPS) is 49.0. The lowest BCUT2D eigenvalue weighted by Crippen LogP contribution is -2.76. The fraction of sp³-hybridized carbons (Fsp3) is 0.845. The number of aliphatic hydroxyl groups is 11. The number of carboxylic acids is 1. The average Bonchev–Trinajstić information content (AvgIpc) is 3.72. The van der Waals surface area contributed by atoms with Crippen LogP contribution in [0.4, 0.5) is 0 Å². The highest BCUT2D eigenvalue weighted by Gasteiger charge is 2.76. The van der Waals surface area contributed by atoms with Crippen molar-refractivity contribution < 1.29 is 109 Å². The Labute approximate surface area is 467 Å². The molecule has 2 saturated heterocycles. The molecule has 22 heteroatoms. The Hall–Kier alpha value is -3.01. The second-order valence-corrected chi connectivity index (χ2v) is 26.5. The van der Waals surface area contributed by atoms with E-state index < -0.39 is 192 Å². The Morgan fingerprint density at radius 3 is 1.86 bits per heavy atom. The fourth-order valence-corrected chi connectivity index (χ4v) is 16.7. The van der Waals surface area contributed by atoms with E-state index in [9.17, 15) is 75.7 Å². The third kappa shape index (κ3) is 9.77. The number of carbonyl (C=O) groups excluding carboxylic acids is 2. The minimum Gasteiger partial charge on any atom is -0.479 e. The standard InChI is InChI=1S/C58H90O22/c1-12-25(3)49(72)79-46-47(80-50(73)26(4)13-2)58(24-61)29(21-53(46,5)6)28-14-15-33-55(9)18-17-34(54(7,8)32(55)16-19-56(33,10)57(28,11)44(68)45(58)69)76-52-43(74-30-20-27(22-59)35(62)38(65)36(30)63)41(40(67)42(78-52)48(70)71)77-51-39(66)37(64)31(23-60)75-51/h12-14,27,29-47,51-52,59-69H,15-24H2,1-11H3,(H,70,71)/b25-12-,26-13-/t27?,29?,30-,31+,32?,33?,34+,35+,36?,37-,38-,39?,40+,41-,42?,43?,44+,45-,46+,47+,51+,52-,55+,56-,57+,58+/m1/s1. The number of esters is 2. The molecule has 0 bridgehead atoms. The molecule has 2 heterocycles. The van der Waals surface area contributed by atoms with E-state index in [-0.39, 0.29) is 30.3 Å². The van der Waals surface area contributed by atoms with E-state index in [1.807, 2.05) is 34.6 Å². The van der Waals surface area contributed by atoms with Crippen molar-refractivity contribution in [2.24, 2.45) is 56.2 Å². The Morgan fingerprint density at radius 2 is 1.30 bits per heavy atom. The lowest BCUT2D eigenvalue weighted by atomic mass is 9.32. The number of hydrogen-bond donors (Lipinski definition) is 12. The first-order valence-corrected chi connectivity index (χ1v) is 28.5. The molecule has 5 saturated carbocycles. The van der Waals surface area contributed by atoms with Crippen molar-refractivity contribution in [3.8, 4) is 0 Å². The molecule has 454 valence electrons. The number of ether oxygens (including phenoxy) is 7. The smallest absolute Gasteiger partial charge is 0.335 e. The zero-order valence-electron chi connectivity index (χ0n) is 48.0. The van der Waals surface area contributed by atoms with Gasteiger partial charge in [-0.05, 0) is 107 Å². The molecule has 0 aromatic heterocycles. The first-order valence-electron chi connectivity index (χ1n) is 28.5. The Balaban J connectivity index is 1.14. The number of allylic oxidation sites excluding steroid dienone is 3. The molecule has 8 rings (SSSR count). The van der Waals surface area contributed by atoms with Gasteiger partial charge in [0.05, 0.1) is 49.1 Å². The van der Waals surface area contributed by atoms with Gasteiger partial charge in [-0.2, -0.15) is 0 Å². The molecule has 26 atom stereocenters. The summed E-state index contributed by atoms with van der Waals surface area (Å²) >= 11 is 0. The van der Waals surface area contributed by atoms with Crippen LogP contribution in [0.3, 0.4) is 0 Å². The Morgan fingerprint density at radius 1 is 0.675 bits per heavy atom. The lowest BCUT2D eigenvalue weighted by Gasteiger charge is -2.73. The van der Waals surface area contributed by atoms with Crippen molar-refractivity contribution >= 4 is 17.9 Å². The molecule has 6 aliphatic carbocycles. The molecular formula is C58H90O22. The summed E-state index contributed by atoms with van der Waals surface area (Å²) in [6.07, 6.45) is -20.9. The third-order valence-electron chi connectivity index (χ3n) is 21.9. The quantitative estimate of drug-likeness (QED) is 0.0498. The molecule has 8 aliphatic rings. The number of aliphatic hydroxyl groups excluding tert-OH is 11. The van der Waals surface area contributed by atoms with E-state index in [0.29, 0.717) is 37.7 Å². The minimum absolute atomic E-state index is 0.132. The van der Waals surface area contributed by atoms with Gasteiger partial charge in [0, 0.05) is 34.5 Å². The van der Waals surface area contributed by atoms with Gasteiger partial charge < -0.3 is 94.4 Å². The number of carbonyl (C=O) groups is 3. The molecule has 0 spiro atoms. The van der Waals surface area contributed by atoms with Gasteiger partial charge in [0.2, 0.25) is 0 Å². The van der Waals surface area contributed by atoms with Crippen molar-refractivity contribution in [3.05, 3.63) is 34.9 Å². The van der Waals surface area contributed by atoms with Crippen molar-refractivity contribution in [1.29, 1.82) is 0 Å². The summed E-state index contributed by atoms with van der Waals surface area (Å²) in [7, 11) is 0. The molecule has 22 nitrogen and oxygen atoms in total. The van der Waals surface area contributed by atoms with Gasteiger partial charge in [0.1, 0.15) is 54.9 Å². The van der Waals surface area contributed by atoms with Crippen LogP contribution in [-0.2, 0) is 47.5 Å². The van der Waals surface area contributed by atoms with Crippen LogP contribution in [0.5, 0.6) is 0 Å². The number of hydrogen-bond acceptors (Lipinski definition) is 21. The highest BCUT2D eigenvalue weighted by molar-refractivity contribution is 5.89. The zero-order chi connectivity index (χ0) is 59.3. The van der Waals surface area contributed by atoms with Crippen molar-refractivity contribution in [2.75, 3.05) is 19.8 Å². The van der Waals surface area contributed by atoms with Crippen LogP contribution in [-0.4, -0.2) is 209 Å². The number of fused-ring (bicyclic) bond motifs is 7. The largest absolute Gasteiger partial charge is 0.479 e. The van der Waals surface area contributed by atoms with Crippen LogP contribution >= 0.6 is 0 Å².